The second-order valence-corrected chi connectivity index (χ2v) is 20.8. The van der Waals surface area contributed by atoms with Crippen LogP contribution in [0.4, 0.5) is 9.59 Å². The first-order chi connectivity index (χ1) is 37.9. The summed E-state index contributed by atoms with van der Waals surface area (Å²) in [5.74, 6) is -3.38. The molecule has 5 aromatic rings. The van der Waals surface area contributed by atoms with Gasteiger partial charge in [-0.3, -0.25) is 19.2 Å². The van der Waals surface area contributed by atoms with Gasteiger partial charge >= 0.3 is 18.2 Å². The second kappa shape index (κ2) is 25.4. The predicted octanol–water partition coefficient (Wildman–Crippen LogP) is 8.67. The monoisotopic (exact) mass is 1060 g/mol. The van der Waals surface area contributed by atoms with Crippen molar-refractivity contribution in [3.05, 3.63) is 167 Å². The molecule has 408 valence electrons. The van der Waals surface area contributed by atoms with Crippen LogP contribution in [0.3, 0.4) is 0 Å². The SMILES string of the molecule is CCC(C)[C@H](NC(=O)OCC1c2ccccc2-c2ccccc21)C(=O)N1C(C(=O)N2CCCC[C@H]2C(=O)N(C)[C@H](Cc2ccccc2)C(=O)N2CCC[C@H]2C(=O)OCc2ccccc2)CCCN1C(=O)OCc1ccccc1. The summed E-state index contributed by atoms with van der Waals surface area (Å²) in [6.07, 6.45) is 1.79. The molecule has 1 N–H and O–H groups in total. The first-order valence-corrected chi connectivity index (χ1v) is 27.5. The third-order valence-corrected chi connectivity index (χ3v) is 15.9. The fraction of sp³-hybridized carbons (Fsp3) is 0.403. The van der Waals surface area contributed by atoms with E-state index in [0.29, 0.717) is 50.6 Å². The van der Waals surface area contributed by atoms with Gasteiger partial charge in [0.05, 0.1) is 0 Å². The van der Waals surface area contributed by atoms with Crippen LogP contribution in [-0.4, -0.2) is 130 Å². The van der Waals surface area contributed by atoms with Crippen LogP contribution in [0.5, 0.6) is 0 Å². The van der Waals surface area contributed by atoms with E-state index in [1.165, 1.54) is 14.7 Å². The van der Waals surface area contributed by atoms with E-state index in [0.717, 1.165) is 43.4 Å². The lowest BCUT2D eigenvalue weighted by molar-refractivity contribution is -0.173. The van der Waals surface area contributed by atoms with Gasteiger partial charge in [-0.1, -0.05) is 160 Å². The van der Waals surface area contributed by atoms with Crippen molar-refractivity contribution >= 4 is 41.8 Å². The number of nitrogens with zero attached hydrogens (tertiary/aromatic N) is 5. The van der Waals surface area contributed by atoms with Gasteiger partial charge in [0.1, 0.15) is 50.0 Å². The molecule has 3 saturated heterocycles. The molecule has 78 heavy (non-hydrogen) atoms. The number of hydrogen-bond acceptors (Lipinski definition) is 10. The Hall–Kier alpha value is -8.01. The zero-order valence-electron chi connectivity index (χ0n) is 44.7. The summed E-state index contributed by atoms with van der Waals surface area (Å²) >= 11 is 0. The van der Waals surface area contributed by atoms with Crippen LogP contribution in [-0.2, 0) is 57.8 Å². The van der Waals surface area contributed by atoms with Crippen molar-refractivity contribution in [1.82, 2.24) is 30.0 Å². The zero-order valence-corrected chi connectivity index (χ0v) is 44.7. The van der Waals surface area contributed by atoms with Gasteiger partial charge in [-0.05, 0) is 89.8 Å². The van der Waals surface area contributed by atoms with Crippen LogP contribution in [0.15, 0.2) is 140 Å². The number of esters is 1. The van der Waals surface area contributed by atoms with Gasteiger partial charge < -0.3 is 34.2 Å². The molecule has 3 heterocycles. The topological polar surface area (TPSA) is 175 Å². The van der Waals surface area contributed by atoms with E-state index in [9.17, 15) is 19.2 Å². The highest BCUT2D eigenvalue weighted by molar-refractivity contribution is 5.97. The van der Waals surface area contributed by atoms with Crippen LogP contribution >= 0.6 is 0 Å². The number of nitrogens with one attached hydrogen (secondary N) is 1. The molecule has 9 rings (SSSR count). The summed E-state index contributed by atoms with van der Waals surface area (Å²) < 4.78 is 17.5. The van der Waals surface area contributed by atoms with Crippen LogP contribution in [0.25, 0.3) is 11.1 Å². The van der Waals surface area contributed by atoms with Crippen molar-refractivity contribution in [3.63, 3.8) is 0 Å². The highest BCUT2D eigenvalue weighted by atomic mass is 16.6. The minimum atomic E-state index is -1.28. The van der Waals surface area contributed by atoms with E-state index in [4.69, 9.17) is 14.2 Å². The third-order valence-electron chi connectivity index (χ3n) is 15.9. The first-order valence-electron chi connectivity index (χ1n) is 27.5. The molecular formula is C62H70N6O10. The summed E-state index contributed by atoms with van der Waals surface area (Å²) in [5, 5.41) is 5.15. The molecule has 0 spiro atoms. The summed E-state index contributed by atoms with van der Waals surface area (Å²) in [6, 6.07) is 38.3. The quantitative estimate of drug-likeness (QED) is 0.0701. The predicted molar refractivity (Wildman–Crippen MR) is 292 cm³/mol. The lowest BCUT2D eigenvalue weighted by Gasteiger charge is -2.47. The summed E-state index contributed by atoms with van der Waals surface area (Å²) in [5.41, 5.74) is 6.51. The van der Waals surface area contributed by atoms with E-state index < -0.39 is 77.9 Å². The number of benzene rings is 5. The van der Waals surface area contributed by atoms with Crippen LogP contribution in [0, 0.1) is 5.92 Å². The number of amides is 6. The van der Waals surface area contributed by atoms with E-state index in [1.54, 1.807) is 7.05 Å². The molecule has 6 amide bonds. The largest absolute Gasteiger partial charge is 0.459 e. The number of rotatable bonds is 17. The molecule has 16 nitrogen and oxygen atoms in total. The smallest absolute Gasteiger partial charge is 0.429 e. The number of carbonyl (C=O) groups excluding carboxylic acids is 7. The summed E-state index contributed by atoms with van der Waals surface area (Å²) in [7, 11) is 1.57. The van der Waals surface area contributed by atoms with Crippen molar-refractivity contribution in [2.45, 2.75) is 121 Å². The van der Waals surface area contributed by atoms with E-state index in [1.807, 2.05) is 153 Å². The zero-order chi connectivity index (χ0) is 54.7. The minimum Gasteiger partial charge on any atom is -0.459 e. The summed E-state index contributed by atoms with van der Waals surface area (Å²) in [4.78, 5) is 108. The van der Waals surface area contributed by atoms with Gasteiger partial charge in [0.2, 0.25) is 17.7 Å². The van der Waals surface area contributed by atoms with Crippen LogP contribution in [0.1, 0.15) is 98.9 Å². The first kappa shape index (κ1) is 54.8. The molecule has 1 aliphatic carbocycles. The van der Waals surface area contributed by atoms with E-state index >= 15 is 14.4 Å². The molecule has 4 aliphatic rings. The van der Waals surface area contributed by atoms with E-state index in [-0.39, 0.29) is 58.1 Å². The van der Waals surface area contributed by atoms with Gasteiger partial charge in [-0.15, -0.1) is 0 Å². The highest BCUT2D eigenvalue weighted by Crippen LogP contribution is 2.44. The maximum atomic E-state index is 15.5. The Morgan fingerprint density at radius 1 is 0.590 bits per heavy atom. The second-order valence-electron chi connectivity index (χ2n) is 20.8. The molecule has 3 aliphatic heterocycles. The normalized spacial score (nSPS) is 19.1. The Kier molecular flexibility index (Phi) is 17.9. The molecule has 0 saturated carbocycles. The van der Waals surface area contributed by atoms with Crippen LogP contribution in [0.2, 0.25) is 0 Å². The Morgan fingerprint density at radius 2 is 1.13 bits per heavy atom. The summed E-state index contributed by atoms with van der Waals surface area (Å²) in [6.45, 7) is 4.15. The lowest BCUT2D eigenvalue weighted by atomic mass is 9.94. The minimum absolute atomic E-state index is 0.000568. The van der Waals surface area contributed by atoms with Crippen molar-refractivity contribution in [3.8, 4) is 11.1 Å². The van der Waals surface area contributed by atoms with Gasteiger partial charge in [-0.2, -0.15) is 0 Å². The number of hydrazine groups is 1. The average Bonchev–Trinajstić information content (AvgIpc) is 4.13. The number of likely N-dealkylation sites (N-methyl/N-ethyl adjacent to an activating group) is 1. The van der Waals surface area contributed by atoms with Gasteiger partial charge in [0.25, 0.3) is 5.91 Å². The molecule has 0 bridgehead atoms. The fourth-order valence-electron chi connectivity index (χ4n) is 11.5. The van der Waals surface area contributed by atoms with Crippen molar-refractivity contribution < 1.29 is 47.8 Å². The van der Waals surface area contributed by atoms with Gasteiger partial charge in [0, 0.05) is 39.0 Å². The Morgan fingerprint density at radius 3 is 1.76 bits per heavy atom. The number of hydrogen-bond donors (Lipinski definition) is 1. The molecule has 0 radical (unpaired) electrons. The van der Waals surface area contributed by atoms with Crippen molar-refractivity contribution in [2.75, 3.05) is 33.3 Å². The molecular weight excluding hydrogens is 989 g/mol. The number of carbonyl (C=O) groups is 7. The number of ether oxygens (including phenoxy) is 3. The third kappa shape index (κ3) is 12.2. The van der Waals surface area contributed by atoms with Crippen molar-refractivity contribution in [1.29, 1.82) is 0 Å². The molecule has 0 aromatic heterocycles. The number of likely N-dealkylation sites (tertiary alicyclic amines) is 2. The number of piperidine rings is 1. The lowest BCUT2D eigenvalue weighted by Crippen LogP contribution is -2.68. The van der Waals surface area contributed by atoms with Gasteiger partial charge in [-0.25, -0.2) is 24.4 Å². The highest BCUT2D eigenvalue weighted by Gasteiger charge is 2.49. The molecule has 3 fully saturated rings. The Bertz CT molecular complexity index is 2880. The maximum absolute atomic E-state index is 15.5. The Balaban J connectivity index is 0.968. The van der Waals surface area contributed by atoms with Crippen molar-refractivity contribution in [2.24, 2.45) is 5.92 Å². The standard InChI is InChI=1S/C62H70N6O10/c1-4-42(2)55(63-61(74)77-41-50-48-30-16-14-28-46(48)47-29-15-17-31-49(47)50)59(72)68-52(33-21-37-67(68)62(75)78-40-45-26-12-7-13-27-45)57(70)65-35-19-18-32-51(65)56(69)64(3)54(38-43-22-8-5-9-23-43)58(71)66-36-20-34-53(66)60(73)76-39-44-24-10-6-11-25-44/h5-17,22-31,42,50-55H,4,18-21,32-41H2,1-3H3,(H,63,74)/t42?,51-,52?,53-,54+,55-/m0/s1. The number of alkyl carbamates (subject to hydrolysis) is 1. The molecule has 2 unspecified atom stereocenters. The van der Waals surface area contributed by atoms with Gasteiger partial charge in [0.15, 0.2) is 0 Å². The van der Waals surface area contributed by atoms with Crippen LogP contribution < -0.4 is 5.32 Å². The van der Waals surface area contributed by atoms with E-state index in [2.05, 4.69) is 5.32 Å². The Labute approximate surface area is 456 Å². The number of fused-ring (bicyclic) bond motifs is 3. The molecule has 6 atom stereocenters. The fourth-order valence-corrected chi connectivity index (χ4v) is 11.5. The molecule has 5 aromatic carbocycles. The maximum Gasteiger partial charge on any atom is 0.429 e. The molecule has 16 heteroatoms. The average molecular weight is 1060 g/mol.